The first-order valence-electron chi connectivity index (χ1n) is 5.57. The van der Waals surface area contributed by atoms with Crippen LogP contribution in [0.4, 0.5) is 0 Å². The van der Waals surface area contributed by atoms with Crippen molar-refractivity contribution in [2.75, 3.05) is 19.5 Å². The molecule has 0 amide bonds. The van der Waals surface area contributed by atoms with Crippen molar-refractivity contribution in [3.8, 4) is 5.88 Å². The highest BCUT2D eigenvalue weighted by atomic mass is 35.5. The van der Waals surface area contributed by atoms with Crippen LogP contribution in [0.1, 0.15) is 17.7 Å². The van der Waals surface area contributed by atoms with Gasteiger partial charge in [-0.2, -0.15) is 0 Å². The maximum atomic E-state index is 5.89. The van der Waals surface area contributed by atoms with Gasteiger partial charge in [0.1, 0.15) is 11.1 Å². The molecule has 18 heavy (non-hydrogen) atoms. The van der Waals surface area contributed by atoms with Gasteiger partial charge in [0.15, 0.2) is 0 Å². The van der Waals surface area contributed by atoms with E-state index < -0.39 is 0 Å². The number of pyridine rings is 1. The molecule has 0 spiro atoms. The number of alkyl halides is 1. The van der Waals surface area contributed by atoms with Gasteiger partial charge in [0.2, 0.25) is 5.88 Å². The minimum absolute atomic E-state index is 0. The van der Waals surface area contributed by atoms with Gasteiger partial charge < -0.3 is 15.1 Å². The Morgan fingerprint density at radius 2 is 2.28 bits per heavy atom. The molecular formula is C12H17ClN2O2S. The van der Waals surface area contributed by atoms with E-state index in [-0.39, 0.29) is 11.6 Å². The van der Waals surface area contributed by atoms with E-state index in [1.165, 1.54) is 0 Å². The molecule has 0 aromatic carbocycles. The normalized spacial score (nSPS) is 18.5. The van der Waals surface area contributed by atoms with Gasteiger partial charge in [-0.3, -0.25) is 0 Å². The zero-order chi connectivity index (χ0) is 12.4. The molecule has 0 saturated heterocycles. The highest BCUT2D eigenvalue weighted by Crippen LogP contribution is 2.24. The molecule has 2 N–H and O–H groups in total. The van der Waals surface area contributed by atoms with Gasteiger partial charge in [0, 0.05) is 18.6 Å². The molecule has 0 bridgehead atoms. The van der Waals surface area contributed by atoms with E-state index in [0.717, 1.165) is 29.2 Å². The molecule has 1 unspecified atom stereocenters. The van der Waals surface area contributed by atoms with Crippen LogP contribution >= 0.6 is 23.8 Å². The predicted molar refractivity (Wildman–Crippen MR) is 76.7 cm³/mol. The molecule has 100 valence electrons. The number of aryl methyl sites for hydroxylation is 1. The molecule has 1 aliphatic heterocycles. The number of hydrogen-bond donors (Lipinski definition) is 0. The van der Waals surface area contributed by atoms with Gasteiger partial charge in [-0.05, 0) is 25.5 Å². The summed E-state index contributed by atoms with van der Waals surface area (Å²) in [6, 6.07) is 3.92. The number of ether oxygens (including phenoxy) is 1. The number of nitrogens with zero attached hydrogens (tertiary/aromatic N) is 2. The fourth-order valence-electron chi connectivity index (χ4n) is 1.85. The Hall–Kier alpha value is -0.910. The zero-order valence-electron chi connectivity index (χ0n) is 10.4. The Balaban J connectivity index is 0.00000162. The highest BCUT2D eigenvalue weighted by molar-refractivity contribution is 7.80. The summed E-state index contributed by atoms with van der Waals surface area (Å²) in [5, 5.41) is 0. The molecule has 0 saturated carbocycles. The second kappa shape index (κ2) is 6.31. The lowest BCUT2D eigenvalue weighted by atomic mass is 10.2. The lowest BCUT2D eigenvalue weighted by Gasteiger charge is -2.20. The van der Waals surface area contributed by atoms with Crippen LogP contribution in [0.5, 0.6) is 5.88 Å². The van der Waals surface area contributed by atoms with Crippen molar-refractivity contribution in [1.82, 2.24) is 9.88 Å². The van der Waals surface area contributed by atoms with Crippen molar-refractivity contribution >= 4 is 28.8 Å². The number of rotatable bonds is 2. The summed E-state index contributed by atoms with van der Waals surface area (Å²) < 4.78 is 5.89. The summed E-state index contributed by atoms with van der Waals surface area (Å²) in [7, 11) is 1.97. The van der Waals surface area contributed by atoms with E-state index in [2.05, 4.69) is 4.98 Å². The molecule has 1 atom stereocenters. The van der Waals surface area contributed by atoms with Crippen molar-refractivity contribution in [2.45, 2.75) is 19.4 Å². The average molecular weight is 289 g/mol. The summed E-state index contributed by atoms with van der Waals surface area (Å²) in [5.41, 5.74) is 1.82. The summed E-state index contributed by atoms with van der Waals surface area (Å²) >= 11 is 11.2. The van der Waals surface area contributed by atoms with E-state index in [9.17, 15) is 0 Å². The summed E-state index contributed by atoms with van der Waals surface area (Å²) in [4.78, 5) is 7.22. The highest BCUT2D eigenvalue weighted by Gasteiger charge is 2.24. The summed E-state index contributed by atoms with van der Waals surface area (Å²) in [5.74, 6) is 1.21. The lowest BCUT2D eigenvalue weighted by molar-refractivity contribution is 0.172. The summed E-state index contributed by atoms with van der Waals surface area (Å²) in [6.45, 7) is 2.69. The Labute approximate surface area is 117 Å². The van der Waals surface area contributed by atoms with Crippen molar-refractivity contribution < 1.29 is 10.2 Å². The SMILES string of the molecule is Cc1ccc2c(n1)OC(CCCl)CN(C)C2=S.O. The maximum Gasteiger partial charge on any atom is 0.224 e. The summed E-state index contributed by atoms with van der Waals surface area (Å²) in [6.07, 6.45) is 0.842. The third-order valence-corrected chi connectivity index (χ3v) is 3.51. The van der Waals surface area contributed by atoms with Crippen LogP contribution < -0.4 is 4.74 Å². The molecule has 0 fully saturated rings. The quantitative estimate of drug-likeness (QED) is 0.612. The number of hydrogen-bond acceptors (Lipinski definition) is 3. The van der Waals surface area contributed by atoms with Crippen LogP contribution in [0, 0.1) is 6.92 Å². The molecule has 2 rings (SSSR count). The smallest absolute Gasteiger partial charge is 0.224 e. The van der Waals surface area contributed by atoms with Gasteiger partial charge in [0.25, 0.3) is 0 Å². The number of likely N-dealkylation sites (N-methyl/N-ethyl adjacent to an activating group) is 1. The first-order chi connectivity index (χ1) is 8.11. The van der Waals surface area contributed by atoms with Crippen molar-refractivity contribution in [3.63, 3.8) is 0 Å². The maximum absolute atomic E-state index is 5.89. The lowest BCUT2D eigenvalue weighted by Crippen LogP contribution is -2.33. The van der Waals surface area contributed by atoms with Crippen LogP contribution in [0.3, 0.4) is 0 Å². The second-order valence-electron chi connectivity index (χ2n) is 4.21. The van der Waals surface area contributed by atoms with Crippen LogP contribution in [-0.2, 0) is 0 Å². The Morgan fingerprint density at radius 1 is 1.56 bits per heavy atom. The topological polar surface area (TPSA) is 56.9 Å². The van der Waals surface area contributed by atoms with Crippen LogP contribution in [0.2, 0.25) is 0 Å². The van der Waals surface area contributed by atoms with Gasteiger partial charge in [-0.15, -0.1) is 11.6 Å². The number of aromatic nitrogens is 1. The minimum Gasteiger partial charge on any atom is -0.472 e. The molecule has 4 nitrogen and oxygen atoms in total. The van der Waals surface area contributed by atoms with Gasteiger partial charge in [-0.1, -0.05) is 12.2 Å². The molecule has 0 aliphatic carbocycles. The van der Waals surface area contributed by atoms with Crippen LogP contribution in [-0.4, -0.2) is 45.9 Å². The van der Waals surface area contributed by atoms with E-state index in [1.807, 2.05) is 31.0 Å². The second-order valence-corrected chi connectivity index (χ2v) is 4.97. The van der Waals surface area contributed by atoms with Gasteiger partial charge in [0.05, 0.1) is 12.1 Å². The van der Waals surface area contributed by atoms with Crippen LogP contribution in [0.25, 0.3) is 0 Å². The molecule has 1 aromatic rings. The Morgan fingerprint density at radius 3 is 2.94 bits per heavy atom. The zero-order valence-corrected chi connectivity index (χ0v) is 12.0. The van der Waals surface area contributed by atoms with Crippen LogP contribution in [0.15, 0.2) is 12.1 Å². The van der Waals surface area contributed by atoms with E-state index in [0.29, 0.717) is 11.8 Å². The fraction of sp³-hybridized carbons (Fsp3) is 0.500. The third-order valence-electron chi connectivity index (χ3n) is 2.76. The molecule has 6 heteroatoms. The first kappa shape index (κ1) is 15.1. The molecule has 0 radical (unpaired) electrons. The fourth-order valence-corrected chi connectivity index (χ4v) is 2.32. The largest absolute Gasteiger partial charge is 0.472 e. The van der Waals surface area contributed by atoms with Crippen molar-refractivity contribution in [3.05, 3.63) is 23.4 Å². The standard InChI is InChI=1S/C12H15ClN2OS.H2O/c1-8-3-4-10-11(14-8)16-9(5-6-13)7-15(2)12(10)17;/h3-4,9H,5-7H2,1-2H3;1H2. The monoisotopic (exact) mass is 288 g/mol. The van der Waals surface area contributed by atoms with E-state index in [1.54, 1.807) is 0 Å². The number of fused-ring (bicyclic) bond motifs is 1. The Kier molecular flexibility index (Phi) is 5.31. The average Bonchev–Trinajstić information content (AvgIpc) is 2.38. The molecular weight excluding hydrogens is 272 g/mol. The van der Waals surface area contributed by atoms with Gasteiger partial charge in [-0.25, -0.2) is 4.98 Å². The molecule has 1 aromatic heterocycles. The predicted octanol–water partition coefficient (Wildman–Crippen LogP) is 1.56. The number of thiocarbonyl (C=S) groups is 1. The van der Waals surface area contributed by atoms with Gasteiger partial charge >= 0.3 is 0 Å². The molecule has 1 aliphatic rings. The molecule has 2 heterocycles. The Bertz CT molecular complexity index is 442. The minimum atomic E-state index is 0. The van der Waals surface area contributed by atoms with E-state index >= 15 is 0 Å². The first-order valence-corrected chi connectivity index (χ1v) is 6.52. The van der Waals surface area contributed by atoms with E-state index in [4.69, 9.17) is 28.6 Å². The van der Waals surface area contributed by atoms with Crippen molar-refractivity contribution in [1.29, 1.82) is 0 Å². The number of halogens is 1. The third kappa shape index (κ3) is 3.10. The van der Waals surface area contributed by atoms with Crippen molar-refractivity contribution in [2.24, 2.45) is 0 Å².